The Morgan fingerprint density at radius 1 is 1.18 bits per heavy atom. The molecule has 2 aromatic heterocycles. The number of fused-ring (bicyclic) bond motifs is 1. The summed E-state index contributed by atoms with van der Waals surface area (Å²) in [7, 11) is 1.55. The number of benzene rings is 2. The summed E-state index contributed by atoms with van der Waals surface area (Å²) in [6, 6.07) is 8.65. The molecule has 4 N–H and O–H groups in total. The van der Waals surface area contributed by atoms with Gasteiger partial charge in [-0.1, -0.05) is 13.0 Å². The molecule has 11 nitrogen and oxygen atoms in total. The van der Waals surface area contributed by atoms with E-state index in [4.69, 9.17) is 9.47 Å². The van der Waals surface area contributed by atoms with Crippen LogP contribution in [0, 0.1) is 11.6 Å². The molecular weight excluding hydrogens is 512 g/mol. The molecular formula is C26H29F2N7O4. The van der Waals surface area contributed by atoms with Gasteiger partial charge in [0, 0.05) is 37.0 Å². The smallest absolute Gasteiger partial charge is 0.230 e. The zero-order chi connectivity index (χ0) is 27.8. The first-order chi connectivity index (χ1) is 18.9. The number of methoxy groups -OCH3 is 1. The van der Waals surface area contributed by atoms with Crippen molar-refractivity contribution in [2.24, 2.45) is 0 Å². The summed E-state index contributed by atoms with van der Waals surface area (Å²) in [6.45, 7) is 4.36. The highest BCUT2D eigenvalue weighted by atomic mass is 19.2. The molecule has 0 spiro atoms. The van der Waals surface area contributed by atoms with E-state index in [0.29, 0.717) is 59.4 Å². The molecule has 0 aliphatic rings. The number of nitrogens with one attached hydrogen (secondary N) is 3. The van der Waals surface area contributed by atoms with Crippen LogP contribution in [0.15, 0.2) is 42.7 Å². The summed E-state index contributed by atoms with van der Waals surface area (Å²) in [5.41, 5.74) is 0.773. The summed E-state index contributed by atoms with van der Waals surface area (Å²) >= 11 is 0. The number of anilines is 3. The quantitative estimate of drug-likeness (QED) is 0.201. The number of carbonyl (C=O) groups excluding carboxylic acids is 1. The molecule has 4 aromatic rings. The van der Waals surface area contributed by atoms with Gasteiger partial charge in [-0.05, 0) is 18.7 Å². The molecule has 0 aliphatic heterocycles. The number of aliphatic hydroxyl groups is 1. The van der Waals surface area contributed by atoms with Gasteiger partial charge in [0.05, 0.1) is 36.7 Å². The van der Waals surface area contributed by atoms with Crippen molar-refractivity contribution in [1.82, 2.24) is 25.1 Å². The van der Waals surface area contributed by atoms with Gasteiger partial charge in [-0.2, -0.15) is 5.10 Å². The summed E-state index contributed by atoms with van der Waals surface area (Å²) < 4.78 is 38.8. The second-order valence-electron chi connectivity index (χ2n) is 8.48. The van der Waals surface area contributed by atoms with E-state index in [1.807, 2.05) is 6.92 Å². The van der Waals surface area contributed by atoms with Crippen molar-refractivity contribution in [3.63, 3.8) is 0 Å². The molecule has 0 atom stereocenters. The van der Waals surface area contributed by atoms with Gasteiger partial charge in [-0.3, -0.25) is 14.8 Å². The molecule has 2 heterocycles. The van der Waals surface area contributed by atoms with Crippen molar-refractivity contribution >= 4 is 34.1 Å². The lowest BCUT2D eigenvalue weighted by atomic mass is 10.2. The zero-order valence-electron chi connectivity index (χ0n) is 21.5. The zero-order valence-corrected chi connectivity index (χ0v) is 21.5. The van der Waals surface area contributed by atoms with Crippen LogP contribution in [-0.4, -0.2) is 76.0 Å². The maximum atomic E-state index is 13.9. The average molecular weight is 542 g/mol. The van der Waals surface area contributed by atoms with E-state index in [9.17, 15) is 18.7 Å². The Bertz CT molecular complexity index is 1430. The van der Waals surface area contributed by atoms with Gasteiger partial charge < -0.3 is 25.2 Å². The summed E-state index contributed by atoms with van der Waals surface area (Å²) in [6.07, 6.45) is 1.24. The van der Waals surface area contributed by atoms with Gasteiger partial charge in [0.25, 0.3) is 0 Å². The molecule has 0 bridgehead atoms. The number of rotatable bonds is 13. The third-order valence-corrected chi connectivity index (χ3v) is 5.89. The largest absolute Gasteiger partial charge is 0.497 e. The number of ether oxygens (including phenoxy) is 2. The van der Waals surface area contributed by atoms with Crippen molar-refractivity contribution in [3.05, 3.63) is 60.1 Å². The minimum absolute atomic E-state index is 0.0623. The van der Waals surface area contributed by atoms with Gasteiger partial charge in [0.2, 0.25) is 5.91 Å². The second-order valence-corrected chi connectivity index (χ2v) is 8.48. The summed E-state index contributed by atoms with van der Waals surface area (Å²) in [4.78, 5) is 23.1. The molecule has 0 aliphatic carbocycles. The van der Waals surface area contributed by atoms with Crippen LogP contribution < -0.4 is 20.1 Å². The Hall–Kier alpha value is -4.36. The first-order valence-corrected chi connectivity index (χ1v) is 12.3. The lowest BCUT2D eigenvalue weighted by Crippen LogP contribution is -2.30. The van der Waals surface area contributed by atoms with Crippen molar-refractivity contribution in [2.45, 2.75) is 13.3 Å². The minimum Gasteiger partial charge on any atom is -0.497 e. The van der Waals surface area contributed by atoms with Crippen LogP contribution in [0.3, 0.4) is 0 Å². The molecule has 0 fully saturated rings. The van der Waals surface area contributed by atoms with Crippen LogP contribution in [0.4, 0.5) is 26.1 Å². The fourth-order valence-electron chi connectivity index (χ4n) is 3.92. The lowest BCUT2D eigenvalue weighted by Gasteiger charge is -2.20. The molecule has 4 rings (SSSR count). The Morgan fingerprint density at radius 2 is 2.03 bits per heavy atom. The van der Waals surface area contributed by atoms with Gasteiger partial charge in [0.15, 0.2) is 17.5 Å². The standard InChI is InChI=1S/C26H29F2N7O4/c1-3-35(7-9-36)8-10-39-21-14-17(38-2)13-20-24(21)26(30-15-29-20)32-22-11-16(33-34-22)12-23(37)31-19-6-4-5-18(27)25(19)28/h4-6,11,13-15,36H,3,7-10,12H2,1-2H3,(H,31,37)(H2,29,30,32,33,34). The van der Waals surface area contributed by atoms with E-state index >= 15 is 0 Å². The number of amides is 1. The van der Waals surface area contributed by atoms with Crippen LogP contribution in [-0.2, 0) is 11.2 Å². The van der Waals surface area contributed by atoms with E-state index in [2.05, 4.69) is 35.7 Å². The highest BCUT2D eigenvalue weighted by Gasteiger charge is 2.16. The fourth-order valence-corrected chi connectivity index (χ4v) is 3.92. The predicted molar refractivity (Wildman–Crippen MR) is 141 cm³/mol. The van der Waals surface area contributed by atoms with Crippen molar-refractivity contribution in [2.75, 3.05) is 50.6 Å². The number of aromatic nitrogens is 4. The Morgan fingerprint density at radius 3 is 2.79 bits per heavy atom. The lowest BCUT2D eigenvalue weighted by molar-refractivity contribution is -0.115. The third kappa shape index (κ3) is 6.94. The summed E-state index contributed by atoms with van der Waals surface area (Å²) in [5.74, 6) is -0.869. The number of aliphatic hydroxyl groups excluding tert-OH is 1. The molecule has 39 heavy (non-hydrogen) atoms. The van der Waals surface area contributed by atoms with Gasteiger partial charge >= 0.3 is 0 Å². The molecule has 0 saturated heterocycles. The minimum atomic E-state index is -1.13. The topological polar surface area (TPSA) is 138 Å². The van der Waals surface area contributed by atoms with E-state index in [0.717, 1.165) is 12.6 Å². The summed E-state index contributed by atoms with van der Waals surface area (Å²) in [5, 5.41) is 22.2. The van der Waals surface area contributed by atoms with Crippen LogP contribution >= 0.6 is 0 Å². The number of hydrogen-bond donors (Lipinski definition) is 4. The van der Waals surface area contributed by atoms with E-state index in [1.54, 1.807) is 25.3 Å². The average Bonchev–Trinajstić information content (AvgIpc) is 3.36. The van der Waals surface area contributed by atoms with Crippen molar-refractivity contribution in [3.8, 4) is 11.5 Å². The Labute approximate surface area is 223 Å². The molecule has 0 saturated carbocycles. The first kappa shape index (κ1) is 27.7. The molecule has 13 heteroatoms. The SMILES string of the molecule is CCN(CCO)CCOc1cc(OC)cc2ncnc(Nc3cc(CC(=O)Nc4cccc(F)c4F)[nH]n3)c12. The number of halogens is 2. The molecule has 1 amide bonds. The molecule has 0 radical (unpaired) electrons. The van der Waals surface area contributed by atoms with Crippen molar-refractivity contribution in [1.29, 1.82) is 0 Å². The van der Waals surface area contributed by atoms with E-state index in [1.165, 1.54) is 18.5 Å². The van der Waals surface area contributed by atoms with E-state index < -0.39 is 17.5 Å². The predicted octanol–water partition coefficient (Wildman–Crippen LogP) is 3.26. The number of hydrogen-bond acceptors (Lipinski definition) is 9. The fraction of sp³-hybridized carbons (Fsp3) is 0.308. The van der Waals surface area contributed by atoms with Crippen LogP contribution in [0.1, 0.15) is 12.6 Å². The monoisotopic (exact) mass is 541 g/mol. The maximum absolute atomic E-state index is 13.9. The third-order valence-electron chi connectivity index (χ3n) is 5.89. The van der Waals surface area contributed by atoms with Gasteiger partial charge in [-0.25, -0.2) is 18.7 Å². The number of nitrogens with zero attached hydrogens (tertiary/aromatic N) is 4. The highest BCUT2D eigenvalue weighted by molar-refractivity contribution is 5.96. The Kier molecular flexibility index (Phi) is 9.18. The normalized spacial score (nSPS) is 11.1. The first-order valence-electron chi connectivity index (χ1n) is 12.3. The highest BCUT2D eigenvalue weighted by Crippen LogP contribution is 2.35. The van der Waals surface area contributed by atoms with Crippen LogP contribution in [0.2, 0.25) is 0 Å². The second kappa shape index (κ2) is 12.9. The van der Waals surface area contributed by atoms with Crippen LogP contribution in [0.5, 0.6) is 11.5 Å². The number of aromatic amines is 1. The van der Waals surface area contributed by atoms with E-state index in [-0.39, 0.29) is 18.7 Å². The maximum Gasteiger partial charge on any atom is 0.230 e. The van der Waals surface area contributed by atoms with Gasteiger partial charge in [-0.15, -0.1) is 0 Å². The number of carbonyl (C=O) groups is 1. The number of H-pyrrole nitrogens is 1. The Balaban J connectivity index is 1.50. The molecule has 0 unspecified atom stereocenters. The van der Waals surface area contributed by atoms with Crippen molar-refractivity contribution < 1.29 is 28.2 Å². The van der Waals surface area contributed by atoms with Gasteiger partial charge in [0.1, 0.15) is 30.3 Å². The van der Waals surface area contributed by atoms with Crippen LogP contribution in [0.25, 0.3) is 10.9 Å². The molecule has 2 aromatic carbocycles. The number of likely N-dealkylation sites (N-methyl/N-ethyl adjacent to an activating group) is 1. The molecule has 206 valence electrons.